The molecule has 2 N–H and O–H groups in total. The molecule has 0 radical (unpaired) electrons. The molecule has 2 fully saturated rings. The fourth-order valence-corrected chi connectivity index (χ4v) is 3.98. The van der Waals surface area contributed by atoms with Gasteiger partial charge < -0.3 is 29.2 Å². The van der Waals surface area contributed by atoms with Crippen molar-refractivity contribution in [2.75, 3.05) is 27.4 Å². The molecule has 4 atom stereocenters. The molecule has 0 unspecified atom stereocenters. The Balaban J connectivity index is 1.58. The smallest absolute Gasteiger partial charge is 0.160 e. The monoisotopic (exact) mass is 358 g/mol. The molecule has 0 aliphatic carbocycles. The average Bonchev–Trinajstić information content (AvgIpc) is 3.25. The van der Waals surface area contributed by atoms with Gasteiger partial charge in [-0.25, -0.2) is 0 Å². The van der Waals surface area contributed by atoms with Crippen LogP contribution in [-0.2, 0) is 9.47 Å². The molecule has 26 heavy (non-hydrogen) atoms. The Bertz CT molecular complexity index is 737. The van der Waals surface area contributed by atoms with Gasteiger partial charge in [-0.15, -0.1) is 0 Å². The molecule has 2 heterocycles. The van der Waals surface area contributed by atoms with Gasteiger partial charge in [-0.05, 0) is 35.4 Å². The number of fused-ring (bicyclic) bond motifs is 1. The van der Waals surface area contributed by atoms with Crippen molar-refractivity contribution in [3.63, 3.8) is 0 Å². The third kappa shape index (κ3) is 2.75. The first kappa shape index (κ1) is 17.0. The second-order valence-corrected chi connectivity index (χ2v) is 6.70. The summed E-state index contributed by atoms with van der Waals surface area (Å²) in [5.41, 5.74) is 1.94. The Kier molecular flexibility index (Phi) is 4.38. The number of methoxy groups -OCH3 is 2. The van der Waals surface area contributed by atoms with E-state index >= 15 is 0 Å². The van der Waals surface area contributed by atoms with E-state index in [0.717, 1.165) is 11.1 Å². The van der Waals surface area contributed by atoms with Gasteiger partial charge in [-0.1, -0.05) is 12.1 Å². The molecule has 0 saturated carbocycles. The maximum absolute atomic E-state index is 9.80. The van der Waals surface area contributed by atoms with E-state index in [1.807, 2.05) is 24.3 Å². The molecular weight excluding hydrogens is 336 g/mol. The number of benzene rings is 2. The Hall–Kier alpha value is -2.44. The maximum Gasteiger partial charge on any atom is 0.160 e. The molecule has 6 nitrogen and oxygen atoms in total. The quantitative estimate of drug-likeness (QED) is 0.874. The van der Waals surface area contributed by atoms with Crippen molar-refractivity contribution in [3.05, 3.63) is 47.5 Å². The van der Waals surface area contributed by atoms with Gasteiger partial charge in [0.05, 0.1) is 39.6 Å². The number of hydrogen-bond acceptors (Lipinski definition) is 6. The Morgan fingerprint density at radius 2 is 1.19 bits per heavy atom. The first-order chi connectivity index (χ1) is 12.6. The van der Waals surface area contributed by atoms with Gasteiger partial charge in [0.1, 0.15) is 0 Å². The molecule has 4 rings (SSSR count). The van der Waals surface area contributed by atoms with Crippen LogP contribution in [0.2, 0.25) is 0 Å². The van der Waals surface area contributed by atoms with Crippen LogP contribution in [0.5, 0.6) is 23.0 Å². The molecule has 2 saturated heterocycles. The predicted octanol–water partition coefficient (Wildman–Crippen LogP) is 3.19. The molecule has 2 aromatic rings. The highest BCUT2D eigenvalue weighted by molar-refractivity contribution is 5.44. The van der Waals surface area contributed by atoms with Gasteiger partial charge in [-0.3, -0.25) is 0 Å². The lowest BCUT2D eigenvalue weighted by Crippen LogP contribution is -2.14. The zero-order chi connectivity index (χ0) is 18.3. The number of ether oxygens (including phenoxy) is 4. The van der Waals surface area contributed by atoms with Crippen molar-refractivity contribution in [2.24, 2.45) is 11.8 Å². The summed E-state index contributed by atoms with van der Waals surface area (Å²) in [4.78, 5) is 0. The molecule has 138 valence electrons. The van der Waals surface area contributed by atoms with Crippen molar-refractivity contribution in [3.8, 4) is 23.0 Å². The van der Waals surface area contributed by atoms with Crippen LogP contribution in [0.3, 0.4) is 0 Å². The third-order valence-electron chi connectivity index (χ3n) is 5.33. The fraction of sp³-hybridized carbons (Fsp3) is 0.400. The summed E-state index contributed by atoms with van der Waals surface area (Å²) in [7, 11) is 3.06. The number of phenolic OH excluding ortho intramolecular Hbond substituents is 2. The topological polar surface area (TPSA) is 77.4 Å². The van der Waals surface area contributed by atoms with Crippen LogP contribution in [0.4, 0.5) is 0 Å². The summed E-state index contributed by atoms with van der Waals surface area (Å²) in [5.74, 6) is 1.54. The van der Waals surface area contributed by atoms with E-state index in [1.165, 1.54) is 14.2 Å². The molecule has 0 bridgehead atoms. The van der Waals surface area contributed by atoms with Crippen molar-refractivity contribution in [1.82, 2.24) is 0 Å². The van der Waals surface area contributed by atoms with E-state index in [4.69, 9.17) is 18.9 Å². The van der Waals surface area contributed by atoms with E-state index in [2.05, 4.69) is 0 Å². The van der Waals surface area contributed by atoms with Crippen LogP contribution in [0.25, 0.3) is 0 Å². The van der Waals surface area contributed by atoms with Gasteiger partial charge in [-0.2, -0.15) is 0 Å². The summed E-state index contributed by atoms with van der Waals surface area (Å²) in [6.07, 6.45) is -0.197. The van der Waals surface area contributed by atoms with E-state index < -0.39 is 0 Å². The maximum atomic E-state index is 9.80. The highest BCUT2D eigenvalue weighted by Crippen LogP contribution is 2.51. The van der Waals surface area contributed by atoms with Gasteiger partial charge in [0.2, 0.25) is 0 Å². The number of hydrogen-bond donors (Lipinski definition) is 2. The van der Waals surface area contributed by atoms with E-state index in [-0.39, 0.29) is 35.5 Å². The van der Waals surface area contributed by atoms with Crippen LogP contribution in [-0.4, -0.2) is 37.6 Å². The molecule has 0 aromatic heterocycles. The lowest BCUT2D eigenvalue weighted by Gasteiger charge is -2.18. The largest absolute Gasteiger partial charge is 0.504 e. The van der Waals surface area contributed by atoms with Crippen LogP contribution >= 0.6 is 0 Å². The van der Waals surface area contributed by atoms with Crippen molar-refractivity contribution in [2.45, 2.75) is 12.2 Å². The minimum atomic E-state index is -0.0986. The lowest BCUT2D eigenvalue weighted by molar-refractivity contribution is 0.0191. The second kappa shape index (κ2) is 6.70. The van der Waals surface area contributed by atoms with Crippen LogP contribution in [0.1, 0.15) is 23.3 Å². The number of aromatic hydroxyl groups is 2. The standard InChI is InChI=1S/C20H22O6/c1-23-17-7-11(3-5-15(17)21)19-13-9-26-20(14(13)10-25-19)12-4-6-16(22)18(8-12)24-2/h3-8,13-14,19-22H,9-10H2,1-2H3/t13-,14+,19-,20-/m1/s1. The van der Waals surface area contributed by atoms with Gasteiger partial charge in [0, 0.05) is 11.8 Å². The average molecular weight is 358 g/mol. The van der Waals surface area contributed by atoms with Gasteiger partial charge in [0.15, 0.2) is 23.0 Å². The summed E-state index contributed by atoms with van der Waals surface area (Å²) in [5, 5.41) is 19.6. The Labute approximate surface area is 151 Å². The molecule has 6 heteroatoms. The van der Waals surface area contributed by atoms with Gasteiger partial charge >= 0.3 is 0 Å². The zero-order valence-electron chi connectivity index (χ0n) is 14.7. The number of rotatable bonds is 4. The van der Waals surface area contributed by atoms with E-state index in [1.54, 1.807) is 12.1 Å². The third-order valence-corrected chi connectivity index (χ3v) is 5.33. The first-order valence-electron chi connectivity index (χ1n) is 8.59. The van der Waals surface area contributed by atoms with Crippen LogP contribution in [0, 0.1) is 11.8 Å². The summed E-state index contributed by atoms with van der Waals surface area (Å²) in [6, 6.07) is 10.6. The molecule has 2 aromatic carbocycles. The second-order valence-electron chi connectivity index (χ2n) is 6.70. The highest BCUT2D eigenvalue weighted by atomic mass is 16.5. The molecule has 2 aliphatic heterocycles. The molecule has 0 amide bonds. The fourth-order valence-electron chi connectivity index (χ4n) is 3.98. The van der Waals surface area contributed by atoms with E-state index in [9.17, 15) is 10.2 Å². The number of phenols is 2. The lowest BCUT2D eigenvalue weighted by atomic mass is 9.85. The minimum absolute atomic E-state index is 0.0986. The molecule has 2 aliphatic rings. The van der Waals surface area contributed by atoms with Crippen molar-refractivity contribution < 1.29 is 29.2 Å². The zero-order valence-corrected chi connectivity index (χ0v) is 14.7. The van der Waals surface area contributed by atoms with Crippen molar-refractivity contribution >= 4 is 0 Å². The Morgan fingerprint density at radius 3 is 1.58 bits per heavy atom. The first-order valence-corrected chi connectivity index (χ1v) is 8.59. The SMILES string of the molecule is COc1cc([C@H]2OC[C@H]3[C@H]2CO[C@@H]3c2ccc(O)c(OC)c2)ccc1O. The summed E-state index contributed by atoms with van der Waals surface area (Å²) in [6.45, 7) is 1.18. The predicted molar refractivity (Wildman–Crippen MR) is 93.7 cm³/mol. The van der Waals surface area contributed by atoms with Crippen LogP contribution < -0.4 is 9.47 Å². The van der Waals surface area contributed by atoms with Crippen LogP contribution in [0.15, 0.2) is 36.4 Å². The van der Waals surface area contributed by atoms with Crippen molar-refractivity contribution in [1.29, 1.82) is 0 Å². The van der Waals surface area contributed by atoms with E-state index in [0.29, 0.717) is 24.7 Å². The summed E-state index contributed by atoms with van der Waals surface area (Å²) < 4.78 is 22.6. The normalized spacial score (nSPS) is 27.3. The minimum Gasteiger partial charge on any atom is -0.504 e. The Morgan fingerprint density at radius 1 is 0.769 bits per heavy atom. The molecular formula is C20H22O6. The molecule has 0 spiro atoms. The van der Waals surface area contributed by atoms with Gasteiger partial charge in [0.25, 0.3) is 0 Å². The summed E-state index contributed by atoms with van der Waals surface area (Å²) >= 11 is 0. The highest BCUT2D eigenvalue weighted by Gasteiger charge is 2.48.